The van der Waals surface area contributed by atoms with Gasteiger partial charge in [-0.3, -0.25) is 15.5 Å². The molecule has 1 heterocycles. The van der Waals surface area contributed by atoms with Crippen LogP contribution in [0.4, 0.5) is 14.9 Å². The summed E-state index contributed by atoms with van der Waals surface area (Å²) < 4.78 is 0. The Morgan fingerprint density at radius 2 is 2.43 bits per heavy atom. The van der Waals surface area contributed by atoms with Crippen molar-refractivity contribution in [1.29, 1.82) is 0 Å². The number of hydrazine groups is 1. The van der Waals surface area contributed by atoms with Gasteiger partial charge < -0.3 is 5.32 Å². The molecule has 0 aliphatic heterocycles. The van der Waals surface area contributed by atoms with E-state index in [0.29, 0.717) is 0 Å². The first kappa shape index (κ1) is 10.2. The molecular formula is C5H7N5O3S. The Kier molecular flexibility index (Phi) is 3.18. The lowest BCUT2D eigenvalue weighted by Crippen LogP contribution is -2.36. The van der Waals surface area contributed by atoms with Crippen molar-refractivity contribution in [2.75, 3.05) is 12.5 Å². The van der Waals surface area contributed by atoms with E-state index in [4.69, 9.17) is 0 Å². The quantitative estimate of drug-likeness (QED) is 0.498. The molecule has 1 aromatic heterocycles. The molecule has 0 aliphatic carbocycles. The van der Waals surface area contributed by atoms with Crippen molar-refractivity contribution >= 4 is 27.5 Å². The first-order chi connectivity index (χ1) is 6.63. The van der Waals surface area contributed by atoms with Crippen LogP contribution in [0.1, 0.15) is 0 Å². The minimum atomic E-state index is -0.553. The van der Waals surface area contributed by atoms with Crippen LogP contribution in [0.5, 0.6) is 0 Å². The molecule has 0 spiro atoms. The van der Waals surface area contributed by atoms with Crippen LogP contribution in [-0.2, 0) is 0 Å². The van der Waals surface area contributed by atoms with E-state index in [1.165, 1.54) is 7.05 Å². The van der Waals surface area contributed by atoms with Crippen LogP contribution in [0.25, 0.3) is 0 Å². The lowest BCUT2D eigenvalue weighted by atomic mass is 10.9. The molecule has 9 heteroatoms. The van der Waals surface area contributed by atoms with E-state index in [1.807, 2.05) is 0 Å². The number of nitro groups is 1. The summed E-state index contributed by atoms with van der Waals surface area (Å²) in [5.74, 6) is 0. The average Bonchev–Trinajstić information content (AvgIpc) is 2.62. The fourth-order valence-corrected chi connectivity index (χ4v) is 1.17. The topological polar surface area (TPSA) is 109 Å². The second-order valence-corrected chi connectivity index (χ2v) is 3.10. The highest BCUT2D eigenvalue weighted by molar-refractivity contribution is 7.18. The molecule has 0 radical (unpaired) electrons. The number of carbonyl (C=O) groups is 1. The number of hydrogen-bond acceptors (Lipinski definition) is 6. The van der Waals surface area contributed by atoms with Gasteiger partial charge in [0.05, 0.1) is 4.92 Å². The summed E-state index contributed by atoms with van der Waals surface area (Å²) in [6.45, 7) is 0. The lowest BCUT2D eigenvalue weighted by Gasteiger charge is -2.02. The molecule has 0 aromatic carbocycles. The van der Waals surface area contributed by atoms with E-state index in [9.17, 15) is 14.9 Å². The molecule has 1 rings (SSSR count). The number of aromatic nitrogens is 1. The van der Waals surface area contributed by atoms with Crippen LogP contribution in [0.2, 0.25) is 0 Å². The van der Waals surface area contributed by atoms with Crippen LogP contribution < -0.4 is 16.2 Å². The zero-order valence-corrected chi connectivity index (χ0v) is 7.92. The largest absolute Gasteiger partial charge is 0.345 e. The third-order valence-corrected chi connectivity index (χ3v) is 2.05. The zero-order valence-electron chi connectivity index (χ0n) is 7.10. The summed E-state index contributed by atoms with van der Waals surface area (Å²) in [5, 5.41) is 12.7. The summed E-state index contributed by atoms with van der Waals surface area (Å²) in [4.78, 5) is 24.1. The van der Waals surface area contributed by atoms with Crippen molar-refractivity contribution < 1.29 is 9.72 Å². The summed E-state index contributed by atoms with van der Waals surface area (Å²) in [7, 11) is 1.45. The first-order valence-electron chi connectivity index (χ1n) is 3.47. The van der Waals surface area contributed by atoms with Gasteiger partial charge in [-0.25, -0.2) is 15.2 Å². The van der Waals surface area contributed by atoms with Gasteiger partial charge >= 0.3 is 11.0 Å². The molecule has 1 aromatic rings. The van der Waals surface area contributed by atoms with Gasteiger partial charge in [0.15, 0.2) is 0 Å². The van der Waals surface area contributed by atoms with Gasteiger partial charge in [-0.15, -0.1) is 0 Å². The molecule has 0 saturated carbocycles. The molecular weight excluding hydrogens is 210 g/mol. The maximum atomic E-state index is 10.7. The molecule has 8 nitrogen and oxygen atoms in total. The number of nitrogens with zero attached hydrogens (tertiary/aromatic N) is 2. The Hall–Kier alpha value is -1.90. The molecule has 76 valence electrons. The van der Waals surface area contributed by atoms with Gasteiger partial charge in [-0.1, -0.05) is 0 Å². The smallest absolute Gasteiger partial charge is 0.340 e. The predicted octanol–water partition coefficient (Wildman–Crippen LogP) is 0.307. The first-order valence-corrected chi connectivity index (χ1v) is 4.29. The second kappa shape index (κ2) is 4.37. The highest BCUT2D eigenvalue weighted by Crippen LogP contribution is 2.23. The molecule has 0 atom stereocenters. The van der Waals surface area contributed by atoms with E-state index in [1.54, 1.807) is 0 Å². The zero-order chi connectivity index (χ0) is 10.6. The van der Waals surface area contributed by atoms with Crippen LogP contribution in [-0.4, -0.2) is 23.0 Å². The number of urea groups is 1. The molecule has 3 N–H and O–H groups in total. The highest BCUT2D eigenvalue weighted by Gasteiger charge is 2.11. The number of rotatable bonds is 3. The van der Waals surface area contributed by atoms with Crippen LogP contribution in [0, 0.1) is 10.1 Å². The maximum Gasteiger partial charge on any atom is 0.345 e. The lowest BCUT2D eigenvalue weighted by molar-refractivity contribution is -0.380. The van der Waals surface area contributed by atoms with E-state index in [2.05, 4.69) is 21.2 Å². The SMILES string of the molecule is CNC(=O)NNc1ncc([N+](=O)[O-])s1. The van der Waals surface area contributed by atoms with E-state index in [0.717, 1.165) is 17.5 Å². The average molecular weight is 217 g/mol. The van der Waals surface area contributed by atoms with Crippen molar-refractivity contribution in [3.05, 3.63) is 16.3 Å². The van der Waals surface area contributed by atoms with Gasteiger partial charge in [0, 0.05) is 7.05 Å². The van der Waals surface area contributed by atoms with Gasteiger partial charge in [0.1, 0.15) is 6.20 Å². The molecule has 2 amide bonds. The van der Waals surface area contributed by atoms with E-state index >= 15 is 0 Å². The van der Waals surface area contributed by atoms with Crippen molar-refractivity contribution in [3.8, 4) is 0 Å². The Bertz CT molecular complexity index is 351. The fourth-order valence-electron chi connectivity index (χ4n) is 0.581. The van der Waals surface area contributed by atoms with Crippen LogP contribution in [0.3, 0.4) is 0 Å². The number of amides is 2. The molecule has 0 aliphatic rings. The summed E-state index contributed by atoms with van der Waals surface area (Å²) in [6.07, 6.45) is 1.11. The van der Waals surface area contributed by atoms with Gasteiger partial charge in [-0.05, 0) is 11.3 Å². The second-order valence-electron chi connectivity index (χ2n) is 2.09. The minimum Gasteiger partial charge on any atom is -0.340 e. The minimum absolute atomic E-state index is 0.0915. The number of carbonyl (C=O) groups excluding carboxylic acids is 1. The van der Waals surface area contributed by atoms with Crippen molar-refractivity contribution in [3.63, 3.8) is 0 Å². The molecule has 0 fully saturated rings. The Labute approximate surface area is 82.5 Å². The number of anilines is 1. The Morgan fingerprint density at radius 3 is 2.93 bits per heavy atom. The van der Waals surface area contributed by atoms with Crippen LogP contribution >= 0.6 is 11.3 Å². The van der Waals surface area contributed by atoms with E-state index < -0.39 is 11.0 Å². The Balaban J connectivity index is 2.52. The number of hydrogen-bond donors (Lipinski definition) is 3. The van der Waals surface area contributed by atoms with Gasteiger partial charge in [0.25, 0.3) is 0 Å². The predicted molar refractivity (Wildman–Crippen MR) is 50.0 cm³/mol. The molecule has 0 bridgehead atoms. The summed E-state index contributed by atoms with van der Waals surface area (Å²) in [5.41, 5.74) is 4.64. The van der Waals surface area contributed by atoms with Crippen LogP contribution in [0.15, 0.2) is 6.20 Å². The van der Waals surface area contributed by atoms with Crippen molar-refractivity contribution in [2.24, 2.45) is 0 Å². The fraction of sp³-hybridized carbons (Fsp3) is 0.200. The highest BCUT2D eigenvalue weighted by atomic mass is 32.1. The monoisotopic (exact) mass is 217 g/mol. The maximum absolute atomic E-state index is 10.7. The number of nitrogens with one attached hydrogen (secondary N) is 3. The third kappa shape index (κ3) is 2.55. The van der Waals surface area contributed by atoms with Gasteiger partial charge in [0.2, 0.25) is 5.13 Å². The van der Waals surface area contributed by atoms with E-state index in [-0.39, 0.29) is 10.1 Å². The molecule has 14 heavy (non-hydrogen) atoms. The van der Waals surface area contributed by atoms with Gasteiger partial charge in [-0.2, -0.15) is 0 Å². The van der Waals surface area contributed by atoms with Crippen molar-refractivity contribution in [2.45, 2.75) is 0 Å². The van der Waals surface area contributed by atoms with Crippen molar-refractivity contribution in [1.82, 2.24) is 15.7 Å². The third-order valence-electron chi connectivity index (χ3n) is 1.18. The molecule has 0 saturated heterocycles. The normalized spacial score (nSPS) is 9.21. The molecule has 0 unspecified atom stereocenters. The standard InChI is InChI=1S/C5H7N5O3S/c1-6-4(11)8-9-5-7-2-3(14-5)10(12)13/h2H,1H3,(H,7,9)(H2,6,8,11). The summed E-state index contributed by atoms with van der Waals surface area (Å²) in [6, 6.07) is -0.456. The Morgan fingerprint density at radius 1 is 1.71 bits per heavy atom. The number of thiazole rings is 1. The summed E-state index contributed by atoms with van der Waals surface area (Å²) >= 11 is 0.830.